The number of benzene rings is 2. The number of hydrogen-bond donors (Lipinski definition) is 2. The lowest BCUT2D eigenvalue weighted by atomic mass is 10.1. The van der Waals surface area contributed by atoms with Gasteiger partial charge in [-0.3, -0.25) is 14.9 Å². The molecule has 2 heterocycles. The van der Waals surface area contributed by atoms with Crippen LogP contribution in [0.4, 0.5) is 15.2 Å². The van der Waals surface area contributed by atoms with Gasteiger partial charge in [0.1, 0.15) is 15.9 Å². The number of carbonyl (C=O) groups excluding carboxylic acids is 2. The molecule has 0 atom stereocenters. The molecule has 0 fully saturated rings. The summed E-state index contributed by atoms with van der Waals surface area (Å²) in [5.41, 5.74) is -0.485. The zero-order chi connectivity index (χ0) is 23.6. The van der Waals surface area contributed by atoms with Crippen molar-refractivity contribution in [2.75, 3.05) is 17.4 Å². The quantitative estimate of drug-likeness (QED) is 0.499. The highest BCUT2D eigenvalue weighted by Crippen LogP contribution is 2.36. The molecule has 0 aliphatic carbocycles. The number of nitrogens with zero attached hydrogens (tertiary/aromatic N) is 1. The van der Waals surface area contributed by atoms with Crippen LogP contribution in [0, 0.1) is 5.82 Å². The summed E-state index contributed by atoms with van der Waals surface area (Å²) < 4.78 is 29.7. The van der Waals surface area contributed by atoms with E-state index in [4.69, 9.17) is 25.8 Å². The van der Waals surface area contributed by atoms with Crippen LogP contribution in [0.2, 0.25) is 4.34 Å². The molecule has 0 unspecified atom stereocenters. The van der Waals surface area contributed by atoms with Crippen LogP contribution >= 0.6 is 22.9 Å². The maximum Gasteiger partial charge on any atom is 0.269 e. The molecular weight excluding hydrogens is 473 g/mol. The monoisotopic (exact) mass is 491 g/mol. The maximum absolute atomic E-state index is 13.0. The average Bonchev–Trinajstić information content (AvgIpc) is 3.35. The van der Waals surface area contributed by atoms with E-state index in [0.29, 0.717) is 28.6 Å². The number of rotatable bonds is 7. The molecule has 2 amide bonds. The first kappa shape index (κ1) is 22.8. The molecule has 0 saturated heterocycles. The number of nitrogens with one attached hydrogen (secondary N) is 2. The highest BCUT2D eigenvalue weighted by atomic mass is 35.5. The molecule has 1 aliphatic rings. The molecule has 1 aliphatic heterocycles. The number of halogens is 2. The van der Waals surface area contributed by atoms with Crippen molar-refractivity contribution in [2.45, 2.75) is 25.9 Å². The van der Waals surface area contributed by atoms with E-state index < -0.39 is 17.3 Å². The molecule has 0 bridgehead atoms. The minimum Gasteiger partial charge on any atom is -0.478 e. The highest BCUT2D eigenvalue weighted by Gasteiger charge is 2.32. The van der Waals surface area contributed by atoms with Crippen LogP contribution in [-0.4, -0.2) is 29.2 Å². The minimum absolute atomic E-state index is 0.111. The van der Waals surface area contributed by atoms with Gasteiger partial charge in [0.25, 0.3) is 5.91 Å². The molecular formula is C22H19ClFN3O5S. The van der Waals surface area contributed by atoms with Gasteiger partial charge in [-0.25, -0.2) is 9.37 Å². The van der Waals surface area contributed by atoms with Crippen molar-refractivity contribution >= 4 is 45.6 Å². The number of thiazole rings is 1. The van der Waals surface area contributed by atoms with Crippen molar-refractivity contribution in [3.05, 3.63) is 58.3 Å². The van der Waals surface area contributed by atoms with E-state index in [1.165, 1.54) is 24.3 Å². The SMILES string of the molecule is CC(C)(Oc1ccc2c(c1)OCO2)C(=O)Nc1nc(CC(=O)Nc2ccc(F)cc2)c(Cl)s1. The number of fused-ring (bicyclic) bond motifs is 1. The molecule has 0 spiro atoms. The summed E-state index contributed by atoms with van der Waals surface area (Å²) in [5, 5.41) is 5.55. The first-order chi connectivity index (χ1) is 15.7. The number of hydrogen-bond acceptors (Lipinski definition) is 7. The van der Waals surface area contributed by atoms with Crippen LogP contribution in [0.3, 0.4) is 0 Å². The summed E-state index contributed by atoms with van der Waals surface area (Å²) in [4.78, 5) is 29.3. The van der Waals surface area contributed by atoms with E-state index in [1.54, 1.807) is 32.0 Å². The number of carbonyl (C=O) groups is 2. The molecule has 11 heteroatoms. The van der Waals surface area contributed by atoms with Crippen molar-refractivity contribution in [1.29, 1.82) is 0 Å². The molecule has 172 valence electrons. The zero-order valence-electron chi connectivity index (χ0n) is 17.6. The van der Waals surface area contributed by atoms with Gasteiger partial charge in [0.15, 0.2) is 22.2 Å². The molecule has 8 nitrogen and oxygen atoms in total. The molecule has 2 N–H and O–H groups in total. The fourth-order valence-corrected chi connectivity index (χ4v) is 3.95. The van der Waals surface area contributed by atoms with Crippen LogP contribution in [0.25, 0.3) is 0 Å². The Morgan fingerprint density at radius 3 is 2.64 bits per heavy atom. The topological polar surface area (TPSA) is 98.8 Å². The van der Waals surface area contributed by atoms with Gasteiger partial charge in [-0.15, -0.1) is 0 Å². The Morgan fingerprint density at radius 1 is 1.15 bits per heavy atom. The second kappa shape index (κ2) is 9.24. The number of amides is 2. The van der Waals surface area contributed by atoms with Crippen LogP contribution in [-0.2, 0) is 16.0 Å². The van der Waals surface area contributed by atoms with Crippen molar-refractivity contribution in [3.63, 3.8) is 0 Å². The molecule has 3 aromatic rings. The Kier molecular flexibility index (Phi) is 6.39. The second-order valence-corrected chi connectivity index (χ2v) is 9.15. The van der Waals surface area contributed by atoms with E-state index in [1.807, 2.05) is 0 Å². The summed E-state index contributed by atoms with van der Waals surface area (Å²) in [7, 11) is 0. The van der Waals surface area contributed by atoms with Gasteiger partial charge in [0.05, 0.1) is 12.1 Å². The van der Waals surface area contributed by atoms with E-state index in [2.05, 4.69) is 15.6 Å². The number of anilines is 2. The van der Waals surface area contributed by atoms with E-state index in [-0.39, 0.29) is 28.6 Å². The highest BCUT2D eigenvalue weighted by molar-refractivity contribution is 7.19. The predicted octanol–water partition coefficient (Wildman–Crippen LogP) is 4.64. The maximum atomic E-state index is 13.0. The summed E-state index contributed by atoms with van der Waals surface area (Å²) >= 11 is 7.24. The standard InChI is InChI=1S/C22H19ClFN3O5S/c1-22(2,32-14-7-8-16-17(9-14)31-11-30-16)20(29)27-21-26-15(19(23)33-21)10-18(28)25-13-5-3-12(24)4-6-13/h3-9H,10-11H2,1-2H3,(H,25,28)(H,26,27,29). The fraction of sp³-hybridized carbons (Fsp3) is 0.227. The Bertz CT molecular complexity index is 1200. The first-order valence-corrected chi connectivity index (χ1v) is 11.0. The lowest BCUT2D eigenvalue weighted by Gasteiger charge is -2.24. The Morgan fingerprint density at radius 2 is 1.88 bits per heavy atom. The van der Waals surface area contributed by atoms with Crippen molar-refractivity contribution in [2.24, 2.45) is 0 Å². The lowest BCUT2D eigenvalue weighted by Crippen LogP contribution is -2.42. The van der Waals surface area contributed by atoms with Gasteiger partial charge < -0.3 is 19.5 Å². The van der Waals surface area contributed by atoms with Crippen molar-refractivity contribution in [3.8, 4) is 17.2 Å². The fourth-order valence-electron chi connectivity index (χ4n) is 2.92. The third-order valence-electron chi connectivity index (χ3n) is 4.59. The van der Waals surface area contributed by atoms with Gasteiger partial charge >= 0.3 is 0 Å². The summed E-state index contributed by atoms with van der Waals surface area (Å²) in [6.07, 6.45) is -0.111. The Hall–Kier alpha value is -3.37. The molecule has 1 aromatic heterocycles. The van der Waals surface area contributed by atoms with Crippen molar-refractivity contribution < 1.29 is 28.2 Å². The van der Waals surface area contributed by atoms with E-state index in [9.17, 15) is 14.0 Å². The third kappa shape index (κ3) is 5.52. The number of ether oxygens (including phenoxy) is 3. The normalized spacial score (nSPS) is 12.4. The predicted molar refractivity (Wildman–Crippen MR) is 122 cm³/mol. The van der Waals surface area contributed by atoms with Crippen LogP contribution in [0.5, 0.6) is 17.2 Å². The molecule has 0 saturated carbocycles. The molecule has 4 rings (SSSR count). The van der Waals surface area contributed by atoms with Gasteiger partial charge in [-0.2, -0.15) is 0 Å². The van der Waals surface area contributed by atoms with Crippen LogP contribution in [0.1, 0.15) is 19.5 Å². The molecule has 2 aromatic carbocycles. The van der Waals surface area contributed by atoms with Crippen LogP contribution < -0.4 is 24.8 Å². The smallest absolute Gasteiger partial charge is 0.269 e. The van der Waals surface area contributed by atoms with Gasteiger partial charge in [-0.1, -0.05) is 22.9 Å². The number of aromatic nitrogens is 1. The third-order valence-corrected chi connectivity index (χ3v) is 5.84. The summed E-state index contributed by atoms with van der Waals surface area (Å²) in [6.45, 7) is 3.36. The van der Waals surface area contributed by atoms with Gasteiger partial charge in [0, 0.05) is 11.8 Å². The van der Waals surface area contributed by atoms with E-state index >= 15 is 0 Å². The molecule has 0 radical (unpaired) electrons. The van der Waals surface area contributed by atoms with Crippen molar-refractivity contribution in [1.82, 2.24) is 4.98 Å². The Labute approximate surface area is 197 Å². The van der Waals surface area contributed by atoms with E-state index in [0.717, 1.165) is 11.3 Å². The summed E-state index contributed by atoms with van der Waals surface area (Å²) in [5.74, 6) is 0.360. The Balaban J connectivity index is 1.37. The lowest BCUT2D eigenvalue weighted by molar-refractivity contribution is -0.128. The van der Waals surface area contributed by atoms with Crippen LogP contribution in [0.15, 0.2) is 42.5 Å². The zero-order valence-corrected chi connectivity index (χ0v) is 19.2. The molecule has 33 heavy (non-hydrogen) atoms. The van der Waals surface area contributed by atoms with Gasteiger partial charge in [0.2, 0.25) is 12.7 Å². The van der Waals surface area contributed by atoms with Gasteiger partial charge in [-0.05, 0) is 50.2 Å². The summed E-state index contributed by atoms with van der Waals surface area (Å²) in [6, 6.07) is 10.4. The average molecular weight is 492 g/mol. The minimum atomic E-state index is -1.24. The second-order valence-electron chi connectivity index (χ2n) is 7.55. The largest absolute Gasteiger partial charge is 0.478 e. The first-order valence-electron chi connectivity index (χ1n) is 9.80.